The van der Waals surface area contributed by atoms with Crippen molar-refractivity contribution in [3.05, 3.63) is 96.0 Å². The van der Waals surface area contributed by atoms with Gasteiger partial charge in [0, 0.05) is 22.3 Å². The van der Waals surface area contributed by atoms with E-state index in [4.69, 9.17) is 0 Å². The van der Waals surface area contributed by atoms with Crippen LogP contribution in [0.1, 0.15) is 0 Å². The molecule has 0 fully saturated rings. The van der Waals surface area contributed by atoms with Gasteiger partial charge < -0.3 is 5.32 Å². The van der Waals surface area contributed by atoms with Crippen LogP contribution in [0.4, 0.5) is 17.1 Å². The molecule has 170 valence electrons. The molecule has 7 nitrogen and oxygen atoms in total. The maximum Gasteiger partial charge on any atom is 0.234 e. The fourth-order valence-electron chi connectivity index (χ4n) is 3.05. The van der Waals surface area contributed by atoms with Gasteiger partial charge in [-0.2, -0.15) is 10.2 Å². The first kappa shape index (κ1) is 23.6. The van der Waals surface area contributed by atoms with Gasteiger partial charge in [-0.15, -0.1) is 16.8 Å². The quantitative estimate of drug-likeness (QED) is 0.142. The first-order valence-corrected chi connectivity index (χ1v) is 12.2. The van der Waals surface area contributed by atoms with Crippen molar-refractivity contribution < 1.29 is 4.79 Å². The highest BCUT2D eigenvalue weighted by atomic mass is 79.9. The number of halogens is 1. The fourth-order valence-corrected chi connectivity index (χ4v) is 4.06. The summed E-state index contributed by atoms with van der Waals surface area (Å²) in [6, 6.07) is 24.6. The molecule has 0 saturated carbocycles. The highest BCUT2D eigenvalue weighted by molar-refractivity contribution is 9.10. The molecular weight excluding hydrogens is 512 g/mol. The smallest absolute Gasteiger partial charge is 0.234 e. The van der Waals surface area contributed by atoms with Crippen molar-refractivity contribution in [2.45, 2.75) is 11.7 Å². The Labute approximate surface area is 210 Å². The number of carbonyl (C=O) groups is 1. The average molecular weight is 533 g/mol. The number of anilines is 1. The van der Waals surface area contributed by atoms with E-state index in [9.17, 15) is 4.79 Å². The maximum atomic E-state index is 12.5. The number of benzene rings is 3. The number of nitrogens with zero attached hydrogens (tertiary/aromatic N) is 5. The van der Waals surface area contributed by atoms with Crippen LogP contribution in [0.3, 0.4) is 0 Å². The molecule has 0 aliphatic rings. The lowest BCUT2D eigenvalue weighted by molar-refractivity contribution is -0.113. The highest BCUT2D eigenvalue weighted by Crippen LogP contribution is 2.26. The molecule has 0 atom stereocenters. The molecule has 0 spiro atoms. The molecule has 4 rings (SSSR count). The number of nitrogens with one attached hydrogen (secondary N) is 1. The number of rotatable bonds is 9. The van der Waals surface area contributed by atoms with E-state index in [0.29, 0.717) is 23.1 Å². The van der Waals surface area contributed by atoms with Crippen LogP contribution in [0, 0.1) is 0 Å². The lowest BCUT2D eigenvalue weighted by atomic mass is 10.2. The van der Waals surface area contributed by atoms with Gasteiger partial charge in [0.2, 0.25) is 5.91 Å². The molecule has 0 aliphatic heterocycles. The van der Waals surface area contributed by atoms with Gasteiger partial charge in [-0.05, 0) is 48.5 Å². The number of allylic oxidation sites excluding steroid dienone is 1. The van der Waals surface area contributed by atoms with Gasteiger partial charge in [0.25, 0.3) is 0 Å². The minimum Gasteiger partial charge on any atom is -0.325 e. The van der Waals surface area contributed by atoms with Gasteiger partial charge >= 0.3 is 0 Å². The van der Waals surface area contributed by atoms with Crippen molar-refractivity contribution in [1.29, 1.82) is 0 Å². The number of hydrogen-bond acceptors (Lipinski definition) is 6. The Morgan fingerprint density at radius 3 is 2.32 bits per heavy atom. The van der Waals surface area contributed by atoms with Crippen molar-refractivity contribution in [3.63, 3.8) is 0 Å². The van der Waals surface area contributed by atoms with Crippen LogP contribution in [0.15, 0.2) is 111 Å². The van der Waals surface area contributed by atoms with E-state index < -0.39 is 0 Å². The maximum absolute atomic E-state index is 12.5. The predicted octanol–water partition coefficient (Wildman–Crippen LogP) is 7.04. The van der Waals surface area contributed by atoms with E-state index >= 15 is 0 Å². The number of carbonyl (C=O) groups excluding carboxylic acids is 1. The first-order valence-electron chi connectivity index (χ1n) is 10.4. The zero-order valence-corrected chi connectivity index (χ0v) is 20.5. The Kier molecular flexibility index (Phi) is 8.00. The Bertz CT molecular complexity index is 1290. The minimum atomic E-state index is -0.137. The summed E-state index contributed by atoms with van der Waals surface area (Å²) in [5, 5.41) is 20.6. The molecule has 0 aliphatic carbocycles. The van der Waals surface area contributed by atoms with Gasteiger partial charge in [0.05, 0.1) is 17.1 Å². The molecule has 9 heteroatoms. The molecule has 1 amide bonds. The normalized spacial score (nSPS) is 11.0. The number of azo groups is 1. The summed E-state index contributed by atoms with van der Waals surface area (Å²) in [7, 11) is 0. The van der Waals surface area contributed by atoms with Crippen LogP contribution >= 0.6 is 27.7 Å². The standard InChI is InChI=1S/C25H21BrN6OS/c1-2-16-32-24(18-8-10-19(26)11-9-18)30-31-25(32)34-17-23(33)27-20-12-14-22(15-13-20)29-28-21-6-4-3-5-7-21/h2-15H,1,16-17H2,(H,27,33). The van der Waals surface area contributed by atoms with E-state index in [0.717, 1.165) is 21.5 Å². The van der Waals surface area contributed by atoms with Gasteiger partial charge in [0.15, 0.2) is 11.0 Å². The van der Waals surface area contributed by atoms with Gasteiger partial charge in [-0.3, -0.25) is 9.36 Å². The topological polar surface area (TPSA) is 84.5 Å². The summed E-state index contributed by atoms with van der Waals surface area (Å²) in [5.74, 6) is 0.794. The summed E-state index contributed by atoms with van der Waals surface area (Å²) in [6.45, 7) is 4.37. The Balaban J connectivity index is 1.36. The molecule has 1 heterocycles. The van der Waals surface area contributed by atoms with Gasteiger partial charge in [0.1, 0.15) is 0 Å². The highest BCUT2D eigenvalue weighted by Gasteiger charge is 2.15. The van der Waals surface area contributed by atoms with Crippen molar-refractivity contribution >= 4 is 50.7 Å². The monoisotopic (exact) mass is 532 g/mol. The number of aromatic nitrogens is 3. The van der Waals surface area contributed by atoms with E-state index in [1.54, 1.807) is 30.3 Å². The molecule has 3 aromatic carbocycles. The largest absolute Gasteiger partial charge is 0.325 e. The second kappa shape index (κ2) is 11.5. The molecule has 1 aromatic heterocycles. The fraction of sp³-hybridized carbons (Fsp3) is 0.0800. The lowest BCUT2D eigenvalue weighted by Gasteiger charge is -2.08. The summed E-state index contributed by atoms with van der Waals surface area (Å²) >= 11 is 4.77. The molecular formula is C25H21BrN6OS. The van der Waals surface area contributed by atoms with Crippen LogP contribution in [0.25, 0.3) is 11.4 Å². The molecule has 0 saturated heterocycles. The summed E-state index contributed by atoms with van der Waals surface area (Å²) in [5.41, 5.74) is 3.12. The summed E-state index contributed by atoms with van der Waals surface area (Å²) in [4.78, 5) is 12.5. The van der Waals surface area contributed by atoms with Crippen LogP contribution in [-0.2, 0) is 11.3 Å². The van der Waals surface area contributed by atoms with E-state index in [1.807, 2.05) is 59.2 Å². The Morgan fingerprint density at radius 2 is 1.65 bits per heavy atom. The summed E-state index contributed by atoms with van der Waals surface area (Å²) in [6.07, 6.45) is 1.78. The number of thioether (sulfide) groups is 1. The van der Waals surface area contributed by atoms with Crippen LogP contribution < -0.4 is 5.32 Å². The second-order valence-electron chi connectivity index (χ2n) is 7.13. The average Bonchev–Trinajstić information content (AvgIpc) is 3.26. The van der Waals surface area contributed by atoms with E-state index in [1.165, 1.54) is 11.8 Å². The molecule has 0 radical (unpaired) electrons. The molecule has 0 unspecified atom stereocenters. The third-order valence-electron chi connectivity index (χ3n) is 4.65. The van der Waals surface area contributed by atoms with Crippen LogP contribution in [-0.4, -0.2) is 26.4 Å². The van der Waals surface area contributed by atoms with Crippen molar-refractivity contribution in [1.82, 2.24) is 14.8 Å². The van der Waals surface area contributed by atoms with Gasteiger partial charge in [-0.25, -0.2) is 0 Å². The third-order valence-corrected chi connectivity index (χ3v) is 6.15. The third kappa shape index (κ3) is 6.27. The first-order chi connectivity index (χ1) is 16.6. The van der Waals surface area contributed by atoms with Crippen molar-refractivity contribution in [2.75, 3.05) is 11.1 Å². The second-order valence-corrected chi connectivity index (χ2v) is 8.99. The van der Waals surface area contributed by atoms with E-state index in [-0.39, 0.29) is 11.7 Å². The Morgan fingerprint density at radius 1 is 0.971 bits per heavy atom. The lowest BCUT2D eigenvalue weighted by Crippen LogP contribution is -2.14. The van der Waals surface area contributed by atoms with Crippen molar-refractivity contribution in [2.24, 2.45) is 10.2 Å². The number of hydrogen-bond donors (Lipinski definition) is 1. The van der Waals surface area contributed by atoms with Crippen LogP contribution in [0.2, 0.25) is 0 Å². The molecule has 0 bridgehead atoms. The van der Waals surface area contributed by atoms with Gasteiger partial charge in [-0.1, -0.05) is 64.1 Å². The zero-order valence-electron chi connectivity index (χ0n) is 18.1. The predicted molar refractivity (Wildman–Crippen MR) is 140 cm³/mol. The minimum absolute atomic E-state index is 0.137. The SMILES string of the molecule is C=CCn1c(SCC(=O)Nc2ccc(N=Nc3ccccc3)cc2)nnc1-c1ccc(Br)cc1. The van der Waals surface area contributed by atoms with Crippen LogP contribution in [0.5, 0.6) is 0 Å². The summed E-state index contributed by atoms with van der Waals surface area (Å²) < 4.78 is 2.94. The molecule has 4 aromatic rings. The Hall–Kier alpha value is -3.56. The molecule has 1 N–H and O–H groups in total. The number of amides is 1. The van der Waals surface area contributed by atoms with E-state index in [2.05, 4.69) is 48.3 Å². The van der Waals surface area contributed by atoms with Crippen molar-refractivity contribution in [3.8, 4) is 11.4 Å². The zero-order chi connectivity index (χ0) is 23.8. The molecule has 34 heavy (non-hydrogen) atoms.